The van der Waals surface area contributed by atoms with Crippen molar-refractivity contribution in [2.45, 2.75) is 44.8 Å². The zero-order valence-corrected chi connectivity index (χ0v) is 19.3. The number of anilines is 1. The Labute approximate surface area is 187 Å². The number of aromatic nitrogens is 2. The van der Waals surface area contributed by atoms with Gasteiger partial charge in [0.1, 0.15) is 5.69 Å². The number of nitrogens with one attached hydrogen (secondary N) is 3. The lowest BCUT2D eigenvalue weighted by Gasteiger charge is -2.35. The van der Waals surface area contributed by atoms with Crippen LogP contribution in [-0.4, -0.2) is 66.6 Å². The van der Waals surface area contributed by atoms with Crippen molar-refractivity contribution >= 4 is 35.9 Å². The van der Waals surface area contributed by atoms with E-state index in [0.717, 1.165) is 31.9 Å². The van der Waals surface area contributed by atoms with E-state index in [-0.39, 0.29) is 29.9 Å². The molecule has 0 spiro atoms. The third-order valence-corrected chi connectivity index (χ3v) is 4.78. The van der Waals surface area contributed by atoms with Gasteiger partial charge < -0.3 is 16.0 Å². The average molecular weight is 529 g/mol. The van der Waals surface area contributed by atoms with Gasteiger partial charge in [0.25, 0.3) is 0 Å². The number of nitrogens with zero attached hydrogens (tertiary/aromatic N) is 4. The van der Waals surface area contributed by atoms with Crippen LogP contribution >= 0.6 is 24.0 Å². The molecule has 0 bridgehead atoms. The van der Waals surface area contributed by atoms with Crippen molar-refractivity contribution in [3.05, 3.63) is 18.0 Å². The van der Waals surface area contributed by atoms with E-state index in [9.17, 15) is 13.2 Å². The van der Waals surface area contributed by atoms with E-state index in [1.54, 1.807) is 7.05 Å². The molecular weight excluding hydrogens is 498 g/mol. The molecule has 0 saturated carbocycles. The number of hydrogen-bond donors (Lipinski definition) is 3. The second kappa shape index (κ2) is 13.0. The molecule has 2 rings (SSSR count). The predicted molar refractivity (Wildman–Crippen MR) is 120 cm³/mol. The van der Waals surface area contributed by atoms with E-state index < -0.39 is 11.9 Å². The van der Waals surface area contributed by atoms with Crippen LogP contribution in [0.25, 0.3) is 0 Å². The summed E-state index contributed by atoms with van der Waals surface area (Å²) < 4.78 is 37.9. The molecule has 11 heteroatoms. The van der Waals surface area contributed by atoms with E-state index in [0.29, 0.717) is 25.1 Å². The van der Waals surface area contributed by atoms with Gasteiger partial charge in [-0.15, -0.1) is 24.0 Å². The number of piperidine rings is 1. The van der Waals surface area contributed by atoms with Crippen LogP contribution in [0.15, 0.2) is 17.3 Å². The monoisotopic (exact) mass is 529 g/mol. The first-order valence-electron chi connectivity index (χ1n) is 9.76. The van der Waals surface area contributed by atoms with Gasteiger partial charge in [0, 0.05) is 45.5 Å². The highest BCUT2D eigenvalue weighted by atomic mass is 127. The lowest BCUT2D eigenvalue weighted by molar-refractivity contribution is -0.141. The van der Waals surface area contributed by atoms with E-state index >= 15 is 0 Å². The van der Waals surface area contributed by atoms with Gasteiger partial charge in [-0.3, -0.25) is 9.89 Å². The van der Waals surface area contributed by atoms with Crippen LogP contribution in [0.3, 0.4) is 0 Å². The topological polar surface area (TPSA) is 77.5 Å². The Balaban J connectivity index is 0.00000420. The van der Waals surface area contributed by atoms with Crippen molar-refractivity contribution < 1.29 is 13.2 Å². The number of guanidine groups is 1. The Kier molecular flexibility index (Phi) is 11.5. The molecule has 1 aliphatic rings. The summed E-state index contributed by atoms with van der Waals surface area (Å²) in [7, 11) is 1.69. The third kappa shape index (κ3) is 8.89. The molecule has 0 amide bonds. The highest BCUT2D eigenvalue weighted by Gasteiger charge is 2.32. The number of hydrogen-bond acceptors (Lipinski definition) is 5. The van der Waals surface area contributed by atoms with Crippen LogP contribution in [0.5, 0.6) is 0 Å². The molecule has 1 aromatic heterocycles. The van der Waals surface area contributed by atoms with Gasteiger partial charge >= 0.3 is 6.18 Å². The molecule has 0 aromatic carbocycles. The zero-order valence-electron chi connectivity index (χ0n) is 16.9. The predicted octanol–water partition coefficient (Wildman–Crippen LogP) is 2.95. The Morgan fingerprint density at radius 2 is 2.00 bits per heavy atom. The van der Waals surface area contributed by atoms with Gasteiger partial charge in [-0.25, -0.2) is 9.97 Å². The number of rotatable bonds is 8. The molecule has 3 N–H and O–H groups in total. The van der Waals surface area contributed by atoms with E-state index in [1.807, 2.05) is 0 Å². The molecule has 1 fully saturated rings. The summed E-state index contributed by atoms with van der Waals surface area (Å²) in [5.41, 5.74) is -0.960. The van der Waals surface area contributed by atoms with Crippen LogP contribution in [-0.2, 0) is 6.18 Å². The van der Waals surface area contributed by atoms with E-state index in [4.69, 9.17) is 0 Å². The summed E-state index contributed by atoms with van der Waals surface area (Å²) in [4.78, 5) is 14.0. The maximum Gasteiger partial charge on any atom is 0.433 e. The maximum absolute atomic E-state index is 12.6. The normalized spacial score (nSPS) is 18.1. The summed E-state index contributed by atoms with van der Waals surface area (Å²) in [5.74, 6) is 0.618. The first-order chi connectivity index (χ1) is 13.4. The number of likely N-dealkylation sites (tertiary alicyclic amines) is 1. The lowest BCUT2D eigenvalue weighted by atomic mass is 10.0. The van der Waals surface area contributed by atoms with Crippen LogP contribution in [0, 0.1) is 0 Å². The molecule has 1 saturated heterocycles. The molecule has 0 radical (unpaired) electrons. The summed E-state index contributed by atoms with van der Waals surface area (Å²) in [6.07, 6.45) is 1.63. The highest BCUT2D eigenvalue weighted by molar-refractivity contribution is 14.0. The van der Waals surface area contributed by atoms with Crippen molar-refractivity contribution in [1.29, 1.82) is 0 Å². The van der Waals surface area contributed by atoms with Gasteiger partial charge in [-0.2, -0.15) is 13.2 Å². The summed E-state index contributed by atoms with van der Waals surface area (Å²) in [6.45, 7) is 5.98. The number of aliphatic imine (C=N–C) groups is 1. The smallest absolute Gasteiger partial charge is 0.355 e. The van der Waals surface area contributed by atoms with Gasteiger partial charge in [0.15, 0.2) is 5.96 Å². The fourth-order valence-corrected chi connectivity index (χ4v) is 3.31. The van der Waals surface area contributed by atoms with Crippen molar-refractivity contribution in [2.75, 3.05) is 45.1 Å². The molecule has 1 aromatic rings. The van der Waals surface area contributed by atoms with Gasteiger partial charge in [0.2, 0.25) is 5.95 Å². The molecule has 29 heavy (non-hydrogen) atoms. The molecule has 2 heterocycles. The van der Waals surface area contributed by atoms with Crippen molar-refractivity contribution in [3.8, 4) is 0 Å². The fraction of sp³-hybridized carbons (Fsp3) is 0.722. The maximum atomic E-state index is 12.6. The Morgan fingerprint density at radius 1 is 1.24 bits per heavy atom. The minimum absolute atomic E-state index is 0. The van der Waals surface area contributed by atoms with E-state index in [1.165, 1.54) is 25.7 Å². The minimum atomic E-state index is -4.48. The van der Waals surface area contributed by atoms with E-state index in [2.05, 4.69) is 42.7 Å². The van der Waals surface area contributed by atoms with Crippen LogP contribution < -0.4 is 16.0 Å². The Bertz CT molecular complexity index is 628. The standard InChI is InChI=1S/C18H30F3N7.HI/c1-3-14-6-4-5-12-28(14)13-11-26-16(22-2)24-9-10-25-17-23-8-7-15(27-17)18(19,20)21;/h7-8,14H,3-6,9-13H2,1-2H3,(H2,22,24,26)(H,23,25,27);1H. The quantitative estimate of drug-likeness (QED) is 0.208. The summed E-state index contributed by atoms with van der Waals surface area (Å²) >= 11 is 0. The van der Waals surface area contributed by atoms with Gasteiger partial charge in [0.05, 0.1) is 0 Å². The van der Waals surface area contributed by atoms with Crippen molar-refractivity contribution in [2.24, 2.45) is 4.99 Å². The lowest BCUT2D eigenvalue weighted by Crippen LogP contribution is -2.46. The minimum Gasteiger partial charge on any atom is -0.355 e. The zero-order chi connectivity index (χ0) is 20.4. The van der Waals surface area contributed by atoms with Gasteiger partial charge in [-0.1, -0.05) is 13.3 Å². The second-order valence-corrected chi connectivity index (χ2v) is 6.71. The first-order valence-corrected chi connectivity index (χ1v) is 9.76. The molecule has 166 valence electrons. The second-order valence-electron chi connectivity index (χ2n) is 6.71. The first kappa shape index (κ1) is 25.7. The fourth-order valence-electron chi connectivity index (χ4n) is 3.31. The average Bonchev–Trinajstić information content (AvgIpc) is 2.69. The van der Waals surface area contributed by atoms with Gasteiger partial charge in [-0.05, 0) is 31.9 Å². The number of alkyl halides is 3. The van der Waals surface area contributed by atoms with Crippen molar-refractivity contribution in [1.82, 2.24) is 25.5 Å². The summed E-state index contributed by atoms with van der Waals surface area (Å²) in [5, 5.41) is 9.19. The van der Waals surface area contributed by atoms with Crippen LogP contribution in [0.4, 0.5) is 19.1 Å². The molecule has 7 nitrogen and oxygen atoms in total. The van der Waals surface area contributed by atoms with Crippen molar-refractivity contribution in [3.63, 3.8) is 0 Å². The van der Waals surface area contributed by atoms with Crippen LogP contribution in [0.2, 0.25) is 0 Å². The number of halogens is 4. The third-order valence-electron chi connectivity index (χ3n) is 4.78. The largest absolute Gasteiger partial charge is 0.433 e. The Morgan fingerprint density at radius 3 is 2.69 bits per heavy atom. The SMILES string of the molecule is CCC1CCCCN1CCNC(=NC)NCCNc1nccc(C(F)(F)F)n1.I. The highest BCUT2D eigenvalue weighted by Crippen LogP contribution is 2.27. The summed E-state index contributed by atoms with van der Waals surface area (Å²) in [6, 6.07) is 1.52. The van der Waals surface area contributed by atoms with Crippen LogP contribution in [0.1, 0.15) is 38.3 Å². The molecule has 1 unspecified atom stereocenters. The molecule has 0 aliphatic carbocycles. The molecule has 1 atom stereocenters. The molecular formula is C18H31F3IN7. The molecule has 1 aliphatic heterocycles. The Hall–Kier alpha value is -1.37.